The van der Waals surface area contributed by atoms with Crippen LogP contribution in [0.25, 0.3) is 0 Å². The van der Waals surface area contributed by atoms with Gasteiger partial charge in [0.1, 0.15) is 0 Å². The minimum absolute atomic E-state index is 0.0361. The summed E-state index contributed by atoms with van der Waals surface area (Å²) in [7, 11) is 3.07. The number of halogens is 2. The van der Waals surface area contributed by atoms with E-state index in [2.05, 4.69) is 0 Å². The standard InChI is InChI=1S/C29H33Cl2N3O5/c1-18(35)33-13-10-20(11-14-33)28(37)34-15-12-26(23(17-34)22-8-9-24(30)25(31)16-22)32(2)27(36)19-4-6-21(7-5-19)29(38)39-3/h4-9,16,20,23,26H,10-15,17H2,1-3H3. The molecule has 2 unspecified atom stereocenters. The number of piperidine rings is 2. The van der Waals surface area contributed by atoms with Crippen molar-refractivity contribution in [2.24, 2.45) is 5.92 Å². The average Bonchev–Trinajstić information content (AvgIpc) is 2.96. The molecule has 208 valence electrons. The van der Waals surface area contributed by atoms with Gasteiger partial charge in [-0.2, -0.15) is 0 Å². The Bertz CT molecular complexity index is 1240. The van der Waals surface area contributed by atoms with E-state index in [0.717, 1.165) is 5.56 Å². The van der Waals surface area contributed by atoms with Gasteiger partial charge in [0.15, 0.2) is 0 Å². The number of rotatable bonds is 5. The van der Waals surface area contributed by atoms with E-state index in [1.54, 1.807) is 54.1 Å². The second kappa shape index (κ2) is 12.4. The van der Waals surface area contributed by atoms with E-state index in [9.17, 15) is 19.2 Å². The van der Waals surface area contributed by atoms with Crippen molar-refractivity contribution in [3.8, 4) is 0 Å². The van der Waals surface area contributed by atoms with Crippen LogP contribution in [0.5, 0.6) is 0 Å². The number of hydrogen-bond acceptors (Lipinski definition) is 5. The number of carbonyl (C=O) groups excluding carboxylic acids is 4. The Morgan fingerprint density at radius 3 is 2.08 bits per heavy atom. The molecule has 10 heteroatoms. The molecule has 0 radical (unpaired) electrons. The number of benzene rings is 2. The van der Waals surface area contributed by atoms with Gasteiger partial charge >= 0.3 is 5.97 Å². The van der Waals surface area contributed by atoms with Crippen LogP contribution < -0.4 is 0 Å². The SMILES string of the molecule is COC(=O)c1ccc(C(=O)N(C)C2CCN(C(=O)C3CCN(C(C)=O)CC3)CC2c2ccc(Cl)c(Cl)c2)cc1. The van der Waals surface area contributed by atoms with Crippen LogP contribution in [0.15, 0.2) is 42.5 Å². The van der Waals surface area contributed by atoms with Gasteiger partial charge in [-0.05, 0) is 61.2 Å². The van der Waals surface area contributed by atoms with Crippen LogP contribution in [0.2, 0.25) is 10.0 Å². The Morgan fingerprint density at radius 2 is 1.49 bits per heavy atom. The normalized spacial score (nSPS) is 19.9. The number of hydrogen-bond donors (Lipinski definition) is 0. The Labute approximate surface area is 238 Å². The molecule has 0 spiro atoms. The van der Waals surface area contributed by atoms with Crippen molar-refractivity contribution in [1.29, 1.82) is 0 Å². The van der Waals surface area contributed by atoms with Crippen LogP contribution in [0.1, 0.15) is 58.4 Å². The van der Waals surface area contributed by atoms with Crippen molar-refractivity contribution in [3.63, 3.8) is 0 Å². The first kappa shape index (κ1) is 28.9. The summed E-state index contributed by atoms with van der Waals surface area (Å²) in [6.07, 6.45) is 1.89. The fourth-order valence-electron chi connectivity index (χ4n) is 5.59. The number of esters is 1. The van der Waals surface area contributed by atoms with Gasteiger partial charge in [0.2, 0.25) is 11.8 Å². The maximum atomic E-state index is 13.5. The predicted octanol–water partition coefficient (Wildman–Crippen LogP) is 4.50. The number of carbonyl (C=O) groups is 4. The molecular formula is C29H33Cl2N3O5. The monoisotopic (exact) mass is 573 g/mol. The molecule has 39 heavy (non-hydrogen) atoms. The molecule has 0 N–H and O–H groups in total. The number of likely N-dealkylation sites (tertiary alicyclic amines) is 2. The number of amides is 3. The van der Waals surface area contributed by atoms with Crippen molar-refractivity contribution >= 4 is 46.9 Å². The molecule has 2 aromatic rings. The average molecular weight is 575 g/mol. The summed E-state index contributed by atoms with van der Waals surface area (Å²) in [6, 6.07) is 11.6. The lowest BCUT2D eigenvalue weighted by Gasteiger charge is -2.44. The number of methoxy groups -OCH3 is 1. The first-order valence-corrected chi connectivity index (χ1v) is 13.8. The fraction of sp³-hybridized carbons (Fsp3) is 0.448. The molecule has 0 aliphatic carbocycles. The van der Waals surface area contributed by atoms with E-state index in [4.69, 9.17) is 27.9 Å². The topological polar surface area (TPSA) is 87.2 Å². The Morgan fingerprint density at radius 1 is 0.872 bits per heavy atom. The molecule has 3 amide bonds. The number of nitrogens with zero attached hydrogens (tertiary/aromatic N) is 3. The van der Waals surface area contributed by atoms with Crippen molar-refractivity contribution in [3.05, 3.63) is 69.2 Å². The van der Waals surface area contributed by atoms with Gasteiger partial charge in [-0.1, -0.05) is 29.3 Å². The van der Waals surface area contributed by atoms with E-state index in [-0.39, 0.29) is 35.6 Å². The van der Waals surface area contributed by atoms with Gasteiger partial charge in [0, 0.05) is 63.6 Å². The molecule has 8 nitrogen and oxygen atoms in total. The molecule has 0 bridgehead atoms. The van der Waals surface area contributed by atoms with Crippen LogP contribution in [0, 0.1) is 5.92 Å². The van der Waals surface area contributed by atoms with Crippen molar-refractivity contribution < 1.29 is 23.9 Å². The largest absolute Gasteiger partial charge is 0.465 e. The van der Waals surface area contributed by atoms with E-state index < -0.39 is 5.97 Å². The molecule has 2 aliphatic rings. The van der Waals surface area contributed by atoms with Gasteiger partial charge < -0.3 is 19.4 Å². The molecule has 2 saturated heterocycles. The fourth-order valence-corrected chi connectivity index (χ4v) is 5.90. The number of ether oxygens (including phenoxy) is 1. The van der Waals surface area contributed by atoms with Gasteiger partial charge in [-0.25, -0.2) is 4.79 Å². The van der Waals surface area contributed by atoms with Crippen LogP contribution >= 0.6 is 23.2 Å². The molecule has 2 aromatic carbocycles. The van der Waals surface area contributed by atoms with E-state index in [1.807, 2.05) is 17.0 Å². The highest BCUT2D eigenvalue weighted by Gasteiger charge is 2.39. The Hall–Kier alpha value is -3.10. The van der Waals surface area contributed by atoms with Crippen LogP contribution in [-0.4, -0.2) is 84.8 Å². The summed E-state index contributed by atoms with van der Waals surface area (Å²) in [5, 5.41) is 0.855. The molecule has 2 fully saturated rings. The lowest BCUT2D eigenvalue weighted by atomic mass is 9.83. The third kappa shape index (κ3) is 6.39. The highest BCUT2D eigenvalue weighted by Crippen LogP contribution is 2.35. The van der Waals surface area contributed by atoms with Gasteiger partial charge in [-0.3, -0.25) is 14.4 Å². The molecule has 2 atom stereocenters. The minimum atomic E-state index is -0.467. The lowest BCUT2D eigenvalue weighted by molar-refractivity contribution is -0.141. The van der Waals surface area contributed by atoms with E-state index >= 15 is 0 Å². The third-order valence-corrected chi connectivity index (χ3v) is 8.66. The van der Waals surface area contributed by atoms with E-state index in [0.29, 0.717) is 66.6 Å². The summed E-state index contributed by atoms with van der Waals surface area (Å²) in [4.78, 5) is 55.9. The number of likely N-dealkylation sites (N-methyl/N-ethyl adjacent to an activating group) is 1. The Kier molecular flexibility index (Phi) is 9.18. The van der Waals surface area contributed by atoms with Crippen LogP contribution in [0.4, 0.5) is 0 Å². The van der Waals surface area contributed by atoms with Crippen molar-refractivity contribution in [1.82, 2.24) is 14.7 Å². The van der Waals surface area contributed by atoms with Crippen molar-refractivity contribution in [2.45, 2.75) is 38.1 Å². The summed E-state index contributed by atoms with van der Waals surface area (Å²) in [5.41, 5.74) is 1.72. The third-order valence-electron chi connectivity index (χ3n) is 7.92. The zero-order chi connectivity index (χ0) is 28.3. The summed E-state index contributed by atoms with van der Waals surface area (Å²) < 4.78 is 4.75. The molecule has 4 rings (SSSR count). The van der Waals surface area contributed by atoms with E-state index in [1.165, 1.54) is 7.11 Å². The maximum absolute atomic E-state index is 13.5. The first-order chi connectivity index (χ1) is 18.6. The Balaban J connectivity index is 1.54. The summed E-state index contributed by atoms with van der Waals surface area (Å²) in [6.45, 7) is 3.69. The lowest BCUT2D eigenvalue weighted by Crippen LogP contribution is -2.53. The van der Waals surface area contributed by atoms with Gasteiger partial charge in [0.25, 0.3) is 5.91 Å². The zero-order valence-electron chi connectivity index (χ0n) is 22.4. The second-order valence-corrected chi connectivity index (χ2v) is 11.0. The van der Waals surface area contributed by atoms with Gasteiger partial charge in [0.05, 0.1) is 22.7 Å². The smallest absolute Gasteiger partial charge is 0.337 e. The molecule has 2 heterocycles. The highest BCUT2D eigenvalue weighted by atomic mass is 35.5. The maximum Gasteiger partial charge on any atom is 0.337 e. The van der Waals surface area contributed by atoms with Crippen LogP contribution in [-0.2, 0) is 14.3 Å². The zero-order valence-corrected chi connectivity index (χ0v) is 23.9. The molecule has 0 aromatic heterocycles. The molecular weight excluding hydrogens is 541 g/mol. The predicted molar refractivity (Wildman–Crippen MR) is 149 cm³/mol. The second-order valence-electron chi connectivity index (χ2n) is 10.2. The summed E-state index contributed by atoms with van der Waals surface area (Å²) >= 11 is 12.6. The molecule has 2 aliphatic heterocycles. The molecule has 0 saturated carbocycles. The first-order valence-electron chi connectivity index (χ1n) is 13.1. The van der Waals surface area contributed by atoms with Gasteiger partial charge in [-0.15, -0.1) is 0 Å². The quantitative estimate of drug-likeness (QED) is 0.491. The minimum Gasteiger partial charge on any atom is -0.465 e. The van der Waals surface area contributed by atoms with Crippen LogP contribution in [0.3, 0.4) is 0 Å². The summed E-state index contributed by atoms with van der Waals surface area (Å²) in [5.74, 6) is -0.829. The van der Waals surface area contributed by atoms with Crippen molar-refractivity contribution in [2.75, 3.05) is 40.3 Å². The highest BCUT2D eigenvalue weighted by molar-refractivity contribution is 6.42.